The molecule has 0 saturated heterocycles. The number of nitrogens with one attached hydrogen (secondary N) is 1. The highest BCUT2D eigenvalue weighted by Crippen LogP contribution is 2.43. The van der Waals surface area contributed by atoms with Gasteiger partial charge in [0.2, 0.25) is 5.91 Å². The van der Waals surface area contributed by atoms with Crippen LogP contribution < -0.4 is 5.32 Å². The molecule has 308 valence electrons. The number of carboxylic acid groups (broad SMARTS) is 1. The number of carbonyl (C=O) groups excluding carboxylic acids is 2. The Balaban J connectivity index is 3.92. The normalized spacial score (nSPS) is 14.2. The summed E-state index contributed by atoms with van der Waals surface area (Å²) in [5, 5.41) is 21.8. The quantitative estimate of drug-likeness (QED) is 0.0205. The predicted molar refractivity (Wildman–Crippen MR) is 212 cm³/mol. The van der Waals surface area contributed by atoms with E-state index in [2.05, 4.69) is 55.6 Å². The summed E-state index contributed by atoms with van der Waals surface area (Å²) in [7, 11) is -4.75. The topological polar surface area (TPSA) is 169 Å². The first-order valence-electron chi connectivity index (χ1n) is 20.5. The lowest BCUT2D eigenvalue weighted by atomic mass is 10.0. The van der Waals surface area contributed by atoms with Crippen molar-refractivity contribution in [2.24, 2.45) is 0 Å². The summed E-state index contributed by atoms with van der Waals surface area (Å²) < 4.78 is 26.8. The number of hydrogen-bond donors (Lipinski definition) is 4. The van der Waals surface area contributed by atoms with Gasteiger partial charge < -0.3 is 25.2 Å². The predicted octanol–water partition coefficient (Wildman–Crippen LogP) is 10.1. The van der Waals surface area contributed by atoms with Crippen LogP contribution in [0.1, 0.15) is 174 Å². The Morgan fingerprint density at radius 1 is 0.623 bits per heavy atom. The highest BCUT2D eigenvalue weighted by molar-refractivity contribution is 7.47. The molecule has 0 bridgehead atoms. The first-order chi connectivity index (χ1) is 25.6. The zero-order valence-electron chi connectivity index (χ0n) is 33.1. The van der Waals surface area contributed by atoms with E-state index in [4.69, 9.17) is 13.8 Å². The number of phosphoric ester groups is 1. The third-order valence-electron chi connectivity index (χ3n) is 8.69. The smallest absolute Gasteiger partial charge is 0.472 e. The lowest BCUT2D eigenvalue weighted by Crippen LogP contribution is -2.43. The highest BCUT2D eigenvalue weighted by atomic mass is 31.2. The van der Waals surface area contributed by atoms with Crippen molar-refractivity contribution in [3.8, 4) is 0 Å². The molecular weight excluding hydrogens is 697 g/mol. The first-order valence-corrected chi connectivity index (χ1v) is 22.0. The number of allylic oxidation sites excluding steroid dienone is 6. The van der Waals surface area contributed by atoms with Crippen LogP contribution in [0.5, 0.6) is 0 Å². The maximum Gasteiger partial charge on any atom is 0.472 e. The molecule has 0 heterocycles. The number of rotatable bonds is 38. The van der Waals surface area contributed by atoms with Crippen LogP contribution in [0.25, 0.3) is 0 Å². The average molecular weight is 772 g/mol. The van der Waals surface area contributed by atoms with Crippen molar-refractivity contribution >= 4 is 25.7 Å². The van der Waals surface area contributed by atoms with Crippen molar-refractivity contribution in [1.29, 1.82) is 0 Å². The van der Waals surface area contributed by atoms with Gasteiger partial charge in [0, 0.05) is 12.8 Å². The minimum Gasteiger partial charge on any atom is -0.480 e. The Labute approximate surface area is 321 Å². The number of ether oxygens (including phenoxy) is 1. The zero-order chi connectivity index (χ0) is 39.3. The highest BCUT2D eigenvalue weighted by Gasteiger charge is 2.28. The molecule has 0 aliphatic carbocycles. The minimum absolute atomic E-state index is 0.147. The molecule has 3 atom stereocenters. The van der Waals surface area contributed by atoms with Crippen LogP contribution in [-0.2, 0) is 32.7 Å². The molecule has 0 aromatic carbocycles. The standard InChI is InChI=1S/C41H74NO10P/c1-3-5-7-9-11-13-15-17-18-19-20-21-23-25-27-29-31-33-40(45)50-34-37(43)35-51-53(48,49)52-36-38(41(46)47)42-39(44)32-30-28-26-24-22-16-14-12-10-8-6-4-2/h5,7,11,13,17-18,37-38,43H,3-4,6,8-10,12,14-16,19-36H2,1-2H3,(H,42,44)(H,46,47)(H,48,49)/b7-5-,13-11-,18-17-. The molecule has 0 aliphatic rings. The van der Waals surface area contributed by atoms with Gasteiger partial charge in [-0.15, -0.1) is 0 Å². The van der Waals surface area contributed by atoms with Crippen LogP contribution in [0.4, 0.5) is 0 Å². The Hall–Kier alpha value is -2.30. The molecular formula is C41H74NO10P. The van der Waals surface area contributed by atoms with Crippen molar-refractivity contribution in [3.05, 3.63) is 36.5 Å². The summed E-state index contributed by atoms with van der Waals surface area (Å²) in [5.41, 5.74) is 0. The Bertz CT molecular complexity index is 1050. The Morgan fingerprint density at radius 3 is 1.64 bits per heavy atom. The SMILES string of the molecule is CC/C=C\C/C=C\C/C=C\CCCCCCCCCC(=O)OCC(O)COP(=O)(O)OCC(NC(=O)CCCCCCCCCCCCCC)C(=O)O. The van der Waals surface area contributed by atoms with Crippen molar-refractivity contribution in [3.63, 3.8) is 0 Å². The molecule has 1 amide bonds. The van der Waals surface area contributed by atoms with Crippen LogP contribution in [0.15, 0.2) is 36.5 Å². The van der Waals surface area contributed by atoms with E-state index in [1.165, 1.54) is 64.2 Å². The maximum atomic E-state index is 12.2. The number of amides is 1. The van der Waals surface area contributed by atoms with Crippen molar-refractivity contribution in [1.82, 2.24) is 5.32 Å². The fourth-order valence-corrected chi connectivity index (χ4v) is 6.28. The van der Waals surface area contributed by atoms with Gasteiger partial charge in [0.1, 0.15) is 12.7 Å². The molecule has 0 rings (SSSR count). The van der Waals surface area contributed by atoms with Crippen molar-refractivity contribution in [2.75, 3.05) is 19.8 Å². The number of aliphatic hydroxyl groups is 1. The van der Waals surface area contributed by atoms with E-state index in [1.807, 2.05) is 0 Å². The van der Waals surface area contributed by atoms with E-state index in [0.717, 1.165) is 70.6 Å². The maximum absolute atomic E-state index is 12.2. The molecule has 11 nitrogen and oxygen atoms in total. The minimum atomic E-state index is -4.75. The number of carbonyl (C=O) groups is 3. The molecule has 0 radical (unpaired) electrons. The molecule has 3 unspecified atom stereocenters. The molecule has 0 aliphatic heterocycles. The van der Waals surface area contributed by atoms with E-state index in [0.29, 0.717) is 12.8 Å². The van der Waals surface area contributed by atoms with Gasteiger partial charge in [-0.05, 0) is 44.9 Å². The van der Waals surface area contributed by atoms with Gasteiger partial charge in [-0.1, -0.05) is 153 Å². The summed E-state index contributed by atoms with van der Waals surface area (Å²) >= 11 is 0. The molecule has 4 N–H and O–H groups in total. The van der Waals surface area contributed by atoms with E-state index in [-0.39, 0.29) is 12.8 Å². The van der Waals surface area contributed by atoms with Gasteiger partial charge >= 0.3 is 19.8 Å². The number of carboxylic acids is 1. The largest absolute Gasteiger partial charge is 0.480 e. The summed E-state index contributed by atoms with van der Waals surface area (Å²) in [6.45, 7) is 2.45. The number of esters is 1. The molecule has 0 aromatic rings. The van der Waals surface area contributed by atoms with E-state index < -0.39 is 57.6 Å². The Morgan fingerprint density at radius 2 is 1.09 bits per heavy atom. The fraction of sp³-hybridized carbons (Fsp3) is 0.780. The molecule has 53 heavy (non-hydrogen) atoms. The fourth-order valence-electron chi connectivity index (χ4n) is 5.51. The van der Waals surface area contributed by atoms with Gasteiger partial charge in [-0.25, -0.2) is 9.36 Å². The van der Waals surface area contributed by atoms with E-state index in [9.17, 15) is 34.1 Å². The third kappa shape index (κ3) is 36.4. The second-order valence-electron chi connectivity index (χ2n) is 13.8. The second-order valence-corrected chi connectivity index (χ2v) is 15.3. The van der Waals surface area contributed by atoms with Crippen molar-refractivity contribution < 1.29 is 47.8 Å². The molecule has 0 saturated carbocycles. The van der Waals surface area contributed by atoms with E-state index in [1.54, 1.807) is 0 Å². The van der Waals surface area contributed by atoms with Gasteiger partial charge in [-0.3, -0.25) is 18.6 Å². The number of phosphoric acid groups is 1. The lowest BCUT2D eigenvalue weighted by molar-refractivity contribution is -0.147. The Kier molecular flexibility index (Phi) is 35.1. The van der Waals surface area contributed by atoms with Crippen LogP contribution >= 0.6 is 7.82 Å². The second kappa shape index (κ2) is 36.7. The average Bonchev–Trinajstić information content (AvgIpc) is 3.13. The number of unbranched alkanes of at least 4 members (excludes halogenated alkanes) is 18. The van der Waals surface area contributed by atoms with Crippen LogP contribution in [0.3, 0.4) is 0 Å². The molecule has 0 aromatic heterocycles. The first kappa shape index (κ1) is 50.7. The molecule has 12 heteroatoms. The van der Waals surface area contributed by atoms with Gasteiger partial charge in [-0.2, -0.15) is 0 Å². The number of hydrogen-bond acceptors (Lipinski definition) is 8. The molecule has 0 fully saturated rings. The zero-order valence-corrected chi connectivity index (χ0v) is 34.0. The number of aliphatic carboxylic acids is 1. The summed E-state index contributed by atoms with van der Waals surface area (Å²) in [4.78, 5) is 45.8. The molecule has 0 spiro atoms. The van der Waals surface area contributed by atoms with Crippen molar-refractivity contribution in [2.45, 2.75) is 187 Å². The van der Waals surface area contributed by atoms with Gasteiger partial charge in [0.05, 0.1) is 13.2 Å². The van der Waals surface area contributed by atoms with Crippen LogP contribution in [0.2, 0.25) is 0 Å². The summed E-state index contributed by atoms with van der Waals surface area (Å²) in [5.74, 6) is -2.38. The monoisotopic (exact) mass is 772 g/mol. The third-order valence-corrected chi connectivity index (χ3v) is 9.64. The lowest BCUT2D eigenvalue weighted by Gasteiger charge is -2.18. The van der Waals surface area contributed by atoms with Gasteiger partial charge in [0.15, 0.2) is 6.04 Å². The van der Waals surface area contributed by atoms with Gasteiger partial charge in [0.25, 0.3) is 0 Å². The summed E-state index contributed by atoms with van der Waals surface area (Å²) in [6.07, 6.45) is 37.4. The van der Waals surface area contributed by atoms with Crippen LogP contribution in [-0.4, -0.2) is 64.9 Å². The summed E-state index contributed by atoms with van der Waals surface area (Å²) in [6, 6.07) is -1.54. The van der Waals surface area contributed by atoms with Crippen LogP contribution in [0, 0.1) is 0 Å². The van der Waals surface area contributed by atoms with E-state index >= 15 is 0 Å². The number of aliphatic hydroxyl groups excluding tert-OH is 1.